The molecule has 0 saturated heterocycles. The molecule has 0 heterocycles. The SMILES string of the molecule is Cc1ccc(N(C)CCO)c(C=O)c1. The van der Waals surface area contributed by atoms with E-state index in [0.29, 0.717) is 12.1 Å². The highest BCUT2D eigenvalue weighted by atomic mass is 16.3. The number of carbonyl (C=O) groups is 1. The van der Waals surface area contributed by atoms with Crippen LogP contribution in [0.1, 0.15) is 15.9 Å². The Balaban J connectivity index is 3.01. The van der Waals surface area contributed by atoms with Crippen LogP contribution >= 0.6 is 0 Å². The number of hydrogen-bond acceptors (Lipinski definition) is 3. The van der Waals surface area contributed by atoms with Crippen LogP contribution in [-0.2, 0) is 0 Å². The highest BCUT2D eigenvalue weighted by Gasteiger charge is 2.05. The summed E-state index contributed by atoms with van der Waals surface area (Å²) in [5, 5.41) is 8.79. The van der Waals surface area contributed by atoms with Gasteiger partial charge in [-0.2, -0.15) is 0 Å². The lowest BCUT2D eigenvalue weighted by atomic mass is 10.1. The third-order valence-corrected chi connectivity index (χ3v) is 2.16. The minimum Gasteiger partial charge on any atom is -0.395 e. The van der Waals surface area contributed by atoms with Gasteiger partial charge < -0.3 is 10.0 Å². The maximum absolute atomic E-state index is 10.8. The van der Waals surface area contributed by atoms with E-state index in [9.17, 15) is 4.79 Å². The van der Waals surface area contributed by atoms with Crippen LogP contribution in [0, 0.1) is 6.92 Å². The number of benzene rings is 1. The summed E-state index contributed by atoms with van der Waals surface area (Å²) in [6.45, 7) is 2.56. The average molecular weight is 193 g/mol. The molecule has 0 aliphatic heterocycles. The standard InChI is InChI=1S/C11H15NO2/c1-9-3-4-11(10(7-9)8-14)12(2)5-6-13/h3-4,7-8,13H,5-6H2,1-2H3. The quantitative estimate of drug-likeness (QED) is 0.731. The molecule has 0 aliphatic rings. The van der Waals surface area contributed by atoms with Crippen molar-refractivity contribution in [1.82, 2.24) is 0 Å². The van der Waals surface area contributed by atoms with Gasteiger partial charge in [0.15, 0.2) is 6.29 Å². The van der Waals surface area contributed by atoms with Gasteiger partial charge in [0.25, 0.3) is 0 Å². The molecule has 0 amide bonds. The van der Waals surface area contributed by atoms with E-state index in [0.717, 1.165) is 17.5 Å². The molecule has 0 fully saturated rings. The maximum atomic E-state index is 10.8. The molecule has 0 atom stereocenters. The minimum atomic E-state index is 0.0860. The number of aliphatic hydroxyl groups is 1. The first-order valence-corrected chi connectivity index (χ1v) is 4.57. The Morgan fingerprint density at radius 1 is 1.50 bits per heavy atom. The normalized spacial score (nSPS) is 9.93. The fourth-order valence-electron chi connectivity index (χ4n) is 1.39. The highest BCUT2D eigenvalue weighted by molar-refractivity contribution is 5.84. The number of hydrogen-bond donors (Lipinski definition) is 1. The molecule has 1 N–H and O–H groups in total. The first-order chi connectivity index (χ1) is 6.69. The third-order valence-electron chi connectivity index (χ3n) is 2.16. The summed E-state index contributed by atoms with van der Waals surface area (Å²) in [6, 6.07) is 5.70. The lowest BCUT2D eigenvalue weighted by molar-refractivity contribution is 0.112. The van der Waals surface area contributed by atoms with Crippen molar-refractivity contribution in [2.45, 2.75) is 6.92 Å². The van der Waals surface area contributed by atoms with Gasteiger partial charge in [0.1, 0.15) is 0 Å². The molecule has 76 valence electrons. The van der Waals surface area contributed by atoms with Gasteiger partial charge in [0.05, 0.1) is 6.61 Å². The third kappa shape index (κ3) is 2.33. The van der Waals surface area contributed by atoms with Crippen molar-refractivity contribution < 1.29 is 9.90 Å². The number of nitrogens with zero attached hydrogens (tertiary/aromatic N) is 1. The van der Waals surface area contributed by atoms with Gasteiger partial charge in [-0.15, -0.1) is 0 Å². The molecule has 3 heteroatoms. The van der Waals surface area contributed by atoms with E-state index in [2.05, 4.69) is 0 Å². The largest absolute Gasteiger partial charge is 0.395 e. The molecule has 0 unspecified atom stereocenters. The summed E-state index contributed by atoms with van der Waals surface area (Å²) in [6.07, 6.45) is 0.843. The highest BCUT2D eigenvalue weighted by Crippen LogP contribution is 2.18. The summed E-state index contributed by atoms with van der Waals surface area (Å²) in [7, 11) is 1.86. The summed E-state index contributed by atoms with van der Waals surface area (Å²) in [4.78, 5) is 12.7. The van der Waals surface area contributed by atoms with Crippen molar-refractivity contribution in [2.24, 2.45) is 0 Å². The molecule has 0 aliphatic carbocycles. The Hall–Kier alpha value is -1.35. The van der Waals surface area contributed by atoms with Crippen molar-refractivity contribution in [3.8, 4) is 0 Å². The monoisotopic (exact) mass is 193 g/mol. The lowest BCUT2D eigenvalue weighted by Crippen LogP contribution is -2.22. The predicted molar refractivity (Wildman–Crippen MR) is 56.9 cm³/mol. The van der Waals surface area contributed by atoms with E-state index in [1.165, 1.54) is 0 Å². The van der Waals surface area contributed by atoms with E-state index in [4.69, 9.17) is 5.11 Å². The number of aryl methyl sites for hydroxylation is 1. The van der Waals surface area contributed by atoms with E-state index in [1.54, 1.807) is 0 Å². The fraction of sp³-hybridized carbons (Fsp3) is 0.364. The van der Waals surface area contributed by atoms with Gasteiger partial charge >= 0.3 is 0 Å². The number of aldehydes is 1. The molecule has 1 aromatic rings. The van der Waals surface area contributed by atoms with Crippen molar-refractivity contribution in [3.05, 3.63) is 29.3 Å². The molecule has 0 radical (unpaired) electrons. The average Bonchev–Trinajstić information content (AvgIpc) is 2.17. The summed E-state index contributed by atoms with van der Waals surface area (Å²) in [5.41, 5.74) is 2.59. The number of carbonyl (C=O) groups excluding carboxylic acids is 1. The Morgan fingerprint density at radius 3 is 2.79 bits per heavy atom. The zero-order valence-electron chi connectivity index (χ0n) is 8.53. The van der Waals surface area contributed by atoms with Gasteiger partial charge in [-0.1, -0.05) is 11.6 Å². The molecule has 0 saturated carbocycles. The predicted octanol–water partition coefficient (Wildman–Crippen LogP) is 1.24. The molecule has 0 spiro atoms. The number of aliphatic hydroxyl groups excluding tert-OH is 1. The van der Waals surface area contributed by atoms with Crippen LogP contribution in [0.3, 0.4) is 0 Å². The first-order valence-electron chi connectivity index (χ1n) is 4.57. The van der Waals surface area contributed by atoms with Crippen LogP contribution in [-0.4, -0.2) is 31.6 Å². The topological polar surface area (TPSA) is 40.5 Å². The molecule has 14 heavy (non-hydrogen) atoms. The number of likely N-dealkylation sites (N-methyl/N-ethyl adjacent to an activating group) is 1. The van der Waals surface area contributed by atoms with Crippen LogP contribution in [0.2, 0.25) is 0 Å². The zero-order chi connectivity index (χ0) is 10.6. The number of anilines is 1. The second kappa shape index (κ2) is 4.77. The summed E-state index contributed by atoms with van der Waals surface area (Å²) >= 11 is 0. The number of rotatable bonds is 4. The first kappa shape index (κ1) is 10.7. The van der Waals surface area contributed by atoms with Crippen molar-refractivity contribution in [3.63, 3.8) is 0 Å². The summed E-state index contributed by atoms with van der Waals surface area (Å²) in [5.74, 6) is 0. The van der Waals surface area contributed by atoms with Crippen molar-refractivity contribution in [2.75, 3.05) is 25.1 Å². The molecular formula is C11H15NO2. The molecular weight excluding hydrogens is 178 g/mol. The van der Waals surface area contributed by atoms with Crippen LogP contribution < -0.4 is 4.90 Å². The van der Waals surface area contributed by atoms with Crippen LogP contribution in [0.4, 0.5) is 5.69 Å². The van der Waals surface area contributed by atoms with Crippen molar-refractivity contribution >= 4 is 12.0 Å². The Labute approximate surface area is 84.0 Å². The van der Waals surface area contributed by atoms with Gasteiger partial charge in [-0.25, -0.2) is 0 Å². The Morgan fingerprint density at radius 2 is 2.21 bits per heavy atom. The van der Waals surface area contributed by atoms with Crippen molar-refractivity contribution in [1.29, 1.82) is 0 Å². The Kier molecular flexibility index (Phi) is 3.65. The molecule has 1 rings (SSSR count). The van der Waals surface area contributed by atoms with E-state index < -0.39 is 0 Å². The van der Waals surface area contributed by atoms with Gasteiger partial charge in [-0.3, -0.25) is 4.79 Å². The summed E-state index contributed by atoms with van der Waals surface area (Å²) < 4.78 is 0. The van der Waals surface area contributed by atoms with Gasteiger partial charge in [-0.05, 0) is 19.1 Å². The second-order valence-corrected chi connectivity index (χ2v) is 3.33. The van der Waals surface area contributed by atoms with Crippen LogP contribution in [0.15, 0.2) is 18.2 Å². The molecule has 3 nitrogen and oxygen atoms in total. The molecule has 0 aromatic heterocycles. The van der Waals surface area contributed by atoms with E-state index in [-0.39, 0.29) is 6.61 Å². The van der Waals surface area contributed by atoms with E-state index in [1.807, 2.05) is 37.1 Å². The second-order valence-electron chi connectivity index (χ2n) is 3.33. The van der Waals surface area contributed by atoms with Gasteiger partial charge in [0, 0.05) is 24.8 Å². The van der Waals surface area contributed by atoms with E-state index >= 15 is 0 Å². The van der Waals surface area contributed by atoms with Crippen LogP contribution in [0.5, 0.6) is 0 Å². The Bertz CT molecular complexity index is 323. The fourth-order valence-corrected chi connectivity index (χ4v) is 1.39. The van der Waals surface area contributed by atoms with Gasteiger partial charge in [0.2, 0.25) is 0 Å². The lowest BCUT2D eigenvalue weighted by Gasteiger charge is -2.19. The molecule has 1 aromatic carbocycles. The van der Waals surface area contributed by atoms with Crippen LogP contribution in [0.25, 0.3) is 0 Å². The maximum Gasteiger partial charge on any atom is 0.152 e. The zero-order valence-corrected chi connectivity index (χ0v) is 8.53. The smallest absolute Gasteiger partial charge is 0.152 e. The molecule has 0 bridgehead atoms. The minimum absolute atomic E-state index is 0.0860.